The molecule has 1 aliphatic heterocycles. The summed E-state index contributed by atoms with van der Waals surface area (Å²) in [6, 6.07) is 1.71. The van der Waals surface area contributed by atoms with Gasteiger partial charge in [0.25, 0.3) is 0 Å². The molecule has 6 nitrogen and oxygen atoms in total. The molecule has 1 fully saturated rings. The zero-order chi connectivity index (χ0) is 15.5. The molecule has 1 aromatic heterocycles. The monoisotopic (exact) mass is 347 g/mol. The van der Waals surface area contributed by atoms with Crippen molar-refractivity contribution in [2.24, 2.45) is 11.1 Å². The second-order valence-corrected chi connectivity index (χ2v) is 6.59. The fourth-order valence-corrected chi connectivity index (χ4v) is 3.24. The number of nitrogens with one attached hydrogen (secondary N) is 1. The molecule has 124 valence electrons. The van der Waals surface area contributed by atoms with E-state index in [0.29, 0.717) is 23.7 Å². The van der Waals surface area contributed by atoms with Crippen LogP contribution in [0.25, 0.3) is 0 Å². The van der Waals surface area contributed by atoms with Crippen molar-refractivity contribution in [2.75, 3.05) is 38.6 Å². The highest BCUT2D eigenvalue weighted by Crippen LogP contribution is 2.28. The molecule has 0 radical (unpaired) electrons. The fourth-order valence-electron chi connectivity index (χ4n) is 2.48. The second-order valence-electron chi connectivity index (χ2n) is 5.68. The molecule has 0 aliphatic carbocycles. The predicted molar refractivity (Wildman–Crippen MR) is 89.8 cm³/mol. The lowest BCUT2D eigenvalue weighted by atomic mass is 9.90. The summed E-state index contributed by atoms with van der Waals surface area (Å²) in [5, 5.41) is 4.53. The van der Waals surface area contributed by atoms with Crippen LogP contribution in [0.15, 0.2) is 11.4 Å². The number of rotatable bonds is 5. The lowest BCUT2D eigenvalue weighted by Gasteiger charge is -2.22. The first kappa shape index (κ1) is 18.9. The molecule has 1 aromatic rings. The lowest BCUT2D eigenvalue weighted by Crippen LogP contribution is -2.35. The number of thiophene rings is 1. The highest BCUT2D eigenvalue weighted by atomic mass is 35.5. The minimum absolute atomic E-state index is 0. The fraction of sp³-hybridized carbons (Fsp3) is 0.571. The Morgan fingerprint density at radius 1 is 1.55 bits per heavy atom. The third kappa shape index (κ3) is 4.42. The number of ether oxygens (including phenoxy) is 1. The van der Waals surface area contributed by atoms with Crippen LogP contribution in [0.1, 0.15) is 23.0 Å². The molecule has 2 heterocycles. The van der Waals surface area contributed by atoms with Crippen LogP contribution in [0.2, 0.25) is 0 Å². The Bertz CT molecular complexity index is 537. The maximum absolute atomic E-state index is 12.1. The Hall–Kier alpha value is -1.15. The van der Waals surface area contributed by atoms with Crippen molar-refractivity contribution in [1.82, 2.24) is 4.90 Å². The molecule has 8 heteroatoms. The molecule has 1 atom stereocenters. The number of methoxy groups -OCH3 is 1. The van der Waals surface area contributed by atoms with Crippen LogP contribution in [0.5, 0.6) is 0 Å². The van der Waals surface area contributed by atoms with E-state index in [1.165, 1.54) is 18.4 Å². The van der Waals surface area contributed by atoms with Crippen molar-refractivity contribution >= 4 is 41.3 Å². The van der Waals surface area contributed by atoms with Gasteiger partial charge in [-0.05, 0) is 36.4 Å². The molecule has 2 rings (SSSR count). The number of hydrogen-bond acceptors (Lipinski definition) is 6. The SMILES string of the molecule is COC(=O)c1sccc1NC(=O)CN1CCC(C)(CN)C1.Cl. The second kappa shape index (κ2) is 7.92. The predicted octanol–water partition coefficient (Wildman–Crippen LogP) is 1.57. The molecule has 0 saturated carbocycles. The molecule has 1 unspecified atom stereocenters. The zero-order valence-electron chi connectivity index (χ0n) is 12.8. The van der Waals surface area contributed by atoms with Gasteiger partial charge < -0.3 is 15.8 Å². The number of nitrogens with two attached hydrogens (primary N) is 1. The van der Waals surface area contributed by atoms with Crippen molar-refractivity contribution in [3.8, 4) is 0 Å². The average Bonchev–Trinajstić information content (AvgIpc) is 3.06. The molecule has 0 bridgehead atoms. The van der Waals surface area contributed by atoms with Gasteiger partial charge in [-0.15, -0.1) is 23.7 Å². The smallest absolute Gasteiger partial charge is 0.350 e. The van der Waals surface area contributed by atoms with Crippen molar-refractivity contribution in [1.29, 1.82) is 0 Å². The number of nitrogens with zero attached hydrogens (tertiary/aromatic N) is 1. The van der Waals surface area contributed by atoms with Crippen LogP contribution < -0.4 is 11.1 Å². The largest absolute Gasteiger partial charge is 0.465 e. The Morgan fingerprint density at radius 3 is 2.86 bits per heavy atom. The highest BCUT2D eigenvalue weighted by Gasteiger charge is 2.33. The zero-order valence-corrected chi connectivity index (χ0v) is 14.4. The van der Waals surface area contributed by atoms with E-state index < -0.39 is 5.97 Å². The van der Waals surface area contributed by atoms with Crippen molar-refractivity contribution in [3.63, 3.8) is 0 Å². The molecule has 0 spiro atoms. The van der Waals surface area contributed by atoms with E-state index in [0.717, 1.165) is 19.5 Å². The topological polar surface area (TPSA) is 84.7 Å². The van der Waals surface area contributed by atoms with Crippen molar-refractivity contribution in [2.45, 2.75) is 13.3 Å². The first-order valence-electron chi connectivity index (χ1n) is 6.85. The number of amides is 1. The van der Waals surface area contributed by atoms with Crippen LogP contribution in [0.4, 0.5) is 5.69 Å². The van der Waals surface area contributed by atoms with Crippen LogP contribution in [-0.4, -0.2) is 50.1 Å². The number of halogens is 1. The lowest BCUT2D eigenvalue weighted by molar-refractivity contribution is -0.117. The molecule has 22 heavy (non-hydrogen) atoms. The summed E-state index contributed by atoms with van der Waals surface area (Å²) in [7, 11) is 1.32. The van der Waals surface area contributed by atoms with Gasteiger partial charge in [0.2, 0.25) is 5.91 Å². The number of carbonyl (C=O) groups excluding carboxylic acids is 2. The molecule has 0 aromatic carbocycles. The van der Waals surface area contributed by atoms with Crippen LogP contribution in [0, 0.1) is 5.41 Å². The summed E-state index contributed by atoms with van der Waals surface area (Å²) < 4.78 is 4.69. The molecular weight excluding hydrogens is 326 g/mol. The number of esters is 1. The summed E-state index contributed by atoms with van der Waals surface area (Å²) in [5.41, 5.74) is 6.37. The van der Waals surface area contributed by atoms with Crippen LogP contribution in [-0.2, 0) is 9.53 Å². The third-order valence-electron chi connectivity index (χ3n) is 3.81. The molecule has 1 saturated heterocycles. The Labute approximate surface area is 140 Å². The van der Waals surface area contributed by atoms with E-state index in [9.17, 15) is 9.59 Å². The summed E-state index contributed by atoms with van der Waals surface area (Å²) in [5.74, 6) is -0.558. The van der Waals surface area contributed by atoms with E-state index >= 15 is 0 Å². The van der Waals surface area contributed by atoms with E-state index in [1.54, 1.807) is 11.4 Å². The van der Waals surface area contributed by atoms with Gasteiger partial charge in [0.1, 0.15) is 4.88 Å². The Balaban J connectivity index is 0.00000242. The van der Waals surface area contributed by atoms with Gasteiger partial charge in [-0.2, -0.15) is 0 Å². The van der Waals surface area contributed by atoms with E-state index in [1.807, 2.05) is 0 Å². The van der Waals surface area contributed by atoms with E-state index in [-0.39, 0.29) is 23.7 Å². The van der Waals surface area contributed by atoms with Crippen LogP contribution >= 0.6 is 23.7 Å². The molecule has 1 amide bonds. The highest BCUT2D eigenvalue weighted by molar-refractivity contribution is 7.12. The maximum Gasteiger partial charge on any atom is 0.350 e. The van der Waals surface area contributed by atoms with Gasteiger partial charge >= 0.3 is 5.97 Å². The number of carbonyl (C=O) groups is 2. The first-order chi connectivity index (χ1) is 9.97. The Morgan fingerprint density at radius 2 is 2.27 bits per heavy atom. The molecule has 3 N–H and O–H groups in total. The van der Waals surface area contributed by atoms with E-state index in [4.69, 9.17) is 5.73 Å². The molecular formula is C14H22ClN3O3S. The van der Waals surface area contributed by atoms with Gasteiger partial charge in [-0.25, -0.2) is 4.79 Å². The van der Waals surface area contributed by atoms with Gasteiger partial charge in [-0.1, -0.05) is 6.92 Å². The summed E-state index contributed by atoms with van der Waals surface area (Å²) in [6.45, 7) is 4.77. The quantitative estimate of drug-likeness (QED) is 0.790. The van der Waals surface area contributed by atoms with Crippen LogP contribution in [0.3, 0.4) is 0 Å². The normalized spacial score (nSPS) is 21.2. The minimum Gasteiger partial charge on any atom is -0.465 e. The summed E-state index contributed by atoms with van der Waals surface area (Å²) in [6.07, 6.45) is 1.00. The Kier molecular flexibility index (Phi) is 6.80. The number of anilines is 1. The number of hydrogen-bond donors (Lipinski definition) is 2. The standard InChI is InChI=1S/C14H21N3O3S.ClH/c1-14(8-15)4-5-17(9-14)7-11(18)16-10-3-6-21-12(10)13(19)20-2;/h3,6H,4-5,7-9,15H2,1-2H3,(H,16,18);1H. The van der Waals surface area contributed by atoms with Gasteiger partial charge in [0.05, 0.1) is 19.3 Å². The minimum atomic E-state index is -0.433. The summed E-state index contributed by atoms with van der Waals surface area (Å²) in [4.78, 5) is 26.2. The molecule has 1 aliphatic rings. The number of likely N-dealkylation sites (tertiary alicyclic amines) is 1. The summed E-state index contributed by atoms with van der Waals surface area (Å²) >= 11 is 1.25. The van der Waals surface area contributed by atoms with Crippen molar-refractivity contribution < 1.29 is 14.3 Å². The first-order valence-corrected chi connectivity index (χ1v) is 7.73. The maximum atomic E-state index is 12.1. The van der Waals surface area contributed by atoms with E-state index in [2.05, 4.69) is 21.9 Å². The van der Waals surface area contributed by atoms with Gasteiger partial charge in [0.15, 0.2) is 0 Å². The van der Waals surface area contributed by atoms with Gasteiger partial charge in [0, 0.05) is 6.54 Å². The van der Waals surface area contributed by atoms with Gasteiger partial charge in [-0.3, -0.25) is 9.69 Å². The third-order valence-corrected chi connectivity index (χ3v) is 4.70. The van der Waals surface area contributed by atoms with Crippen molar-refractivity contribution in [3.05, 3.63) is 16.3 Å². The average molecular weight is 348 g/mol.